The second kappa shape index (κ2) is 11.0. The molecule has 0 spiro atoms. The predicted molar refractivity (Wildman–Crippen MR) is 80.3 cm³/mol. The highest BCUT2D eigenvalue weighted by atomic mass is 28.3. The second-order valence-electron chi connectivity index (χ2n) is 4.78. The number of unbranched alkanes of at least 4 members (excludes halogenated alkanes) is 4. The number of rotatable bonds is 11. The largest absolute Gasteiger partial charge is 0.483 e. The number of halogens is 1. The quantitative estimate of drug-likeness (QED) is 0.463. The van der Waals surface area contributed by atoms with Crippen molar-refractivity contribution in [2.75, 3.05) is 20.8 Å². The van der Waals surface area contributed by atoms with Crippen LogP contribution in [0, 0.1) is 5.82 Å². The standard InChI is InChI=1S/C15H25FO3Si/c1-17-20(18-2)19-12-7-5-3-4-6-9-14-10-8-11-15(16)13-14/h8,10-11,13,20H,3-7,9,12H2,1-2H3. The molecule has 0 heterocycles. The average molecular weight is 300 g/mol. The summed E-state index contributed by atoms with van der Waals surface area (Å²) in [5, 5.41) is 0. The third-order valence-electron chi connectivity index (χ3n) is 3.14. The number of aryl methyl sites for hydroxylation is 1. The molecule has 20 heavy (non-hydrogen) atoms. The number of benzene rings is 1. The highest BCUT2D eigenvalue weighted by Crippen LogP contribution is 2.10. The molecule has 0 aliphatic heterocycles. The topological polar surface area (TPSA) is 27.7 Å². The highest BCUT2D eigenvalue weighted by Gasteiger charge is 2.09. The van der Waals surface area contributed by atoms with Crippen LogP contribution >= 0.6 is 0 Å². The van der Waals surface area contributed by atoms with Crippen LogP contribution in [0.4, 0.5) is 4.39 Å². The van der Waals surface area contributed by atoms with Crippen LogP contribution in [-0.2, 0) is 19.7 Å². The molecular formula is C15H25FO3Si. The Bertz CT molecular complexity index is 359. The van der Waals surface area contributed by atoms with Crippen molar-refractivity contribution in [3.8, 4) is 0 Å². The van der Waals surface area contributed by atoms with Gasteiger partial charge in [0.1, 0.15) is 5.82 Å². The van der Waals surface area contributed by atoms with E-state index in [1.807, 2.05) is 6.07 Å². The average Bonchev–Trinajstić information content (AvgIpc) is 2.46. The minimum atomic E-state index is -1.84. The molecule has 0 saturated heterocycles. The first kappa shape index (κ1) is 17.3. The third kappa shape index (κ3) is 7.74. The molecule has 0 aliphatic rings. The maximum atomic E-state index is 13.0. The van der Waals surface area contributed by atoms with Gasteiger partial charge in [0.15, 0.2) is 0 Å². The molecule has 1 aromatic rings. The van der Waals surface area contributed by atoms with Crippen molar-refractivity contribution < 1.29 is 17.7 Å². The summed E-state index contributed by atoms with van der Waals surface area (Å²) >= 11 is 0. The van der Waals surface area contributed by atoms with Crippen LogP contribution in [0.3, 0.4) is 0 Å². The van der Waals surface area contributed by atoms with Crippen molar-refractivity contribution in [1.82, 2.24) is 0 Å². The third-order valence-corrected chi connectivity index (χ3v) is 4.42. The van der Waals surface area contributed by atoms with Gasteiger partial charge in [-0.25, -0.2) is 4.39 Å². The highest BCUT2D eigenvalue weighted by molar-refractivity contribution is 6.36. The first-order valence-corrected chi connectivity index (χ1v) is 8.59. The molecule has 1 rings (SSSR count). The van der Waals surface area contributed by atoms with Crippen LogP contribution in [-0.4, -0.2) is 30.4 Å². The van der Waals surface area contributed by atoms with Gasteiger partial charge >= 0.3 is 9.53 Å². The molecule has 0 unspecified atom stereocenters. The van der Waals surface area contributed by atoms with Crippen LogP contribution < -0.4 is 0 Å². The lowest BCUT2D eigenvalue weighted by Crippen LogP contribution is -2.24. The van der Waals surface area contributed by atoms with E-state index in [-0.39, 0.29) is 5.82 Å². The van der Waals surface area contributed by atoms with E-state index in [4.69, 9.17) is 13.3 Å². The van der Waals surface area contributed by atoms with Crippen molar-refractivity contribution in [3.05, 3.63) is 35.6 Å². The van der Waals surface area contributed by atoms with Gasteiger partial charge in [-0.2, -0.15) is 0 Å². The summed E-state index contributed by atoms with van der Waals surface area (Å²) in [6.07, 6.45) is 6.61. The Morgan fingerprint density at radius 1 is 1.00 bits per heavy atom. The lowest BCUT2D eigenvalue weighted by atomic mass is 10.1. The molecule has 0 aromatic heterocycles. The van der Waals surface area contributed by atoms with Crippen molar-refractivity contribution in [3.63, 3.8) is 0 Å². The Morgan fingerprint density at radius 3 is 2.40 bits per heavy atom. The van der Waals surface area contributed by atoms with E-state index < -0.39 is 9.53 Å². The summed E-state index contributed by atoms with van der Waals surface area (Å²) in [4.78, 5) is 0. The van der Waals surface area contributed by atoms with Gasteiger partial charge in [-0.05, 0) is 37.0 Å². The molecular weight excluding hydrogens is 275 g/mol. The smallest absolute Gasteiger partial charge is 0.379 e. The Morgan fingerprint density at radius 2 is 1.70 bits per heavy atom. The summed E-state index contributed by atoms with van der Waals surface area (Å²) in [6, 6.07) is 6.86. The zero-order valence-corrected chi connectivity index (χ0v) is 13.6. The van der Waals surface area contributed by atoms with Crippen LogP contribution in [0.2, 0.25) is 0 Å². The molecule has 0 bridgehead atoms. The van der Waals surface area contributed by atoms with Crippen LogP contribution in [0.5, 0.6) is 0 Å². The summed E-state index contributed by atoms with van der Waals surface area (Å²) < 4.78 is 28.6. The molecule has 1 aromatic carbocycles. The van der Waals surface area contributed by atoms with E-state index >= 15 is 0 Å². The first-order chi connectivity index (χ1) is 9.76. The summed E-state index contributed by atoms with van der Waals surface area (Å²) in [5.74, 6) is -0.144. The normalized spacial score (nSPS) is 11.2. The SMILES string of the molecule is CO[SiH](OC)OCCCCCCCc1cccc(F)c1. The second-order valence-corrected chi connectivity index (χ2v) is 6.63. The van der Waals surface area contributed by atoms with Gasteiger partial charge in [-0.15, -0.1) is 0 Å². The minimum Gasteiger partial charge on any atom is -0.379 e. The Hall–Kier alpha value is -0.753. The Balaban J connectivity index is 1.95. The van der Waals surface area contributed by atoms with Crippen LogP contribution in [0.1, 0.15) is 37.7 Å². The van der Waals surface area contributed by atoms with E-state index in [1.54, 1.807) is 26.4 Å². The monoisotopic (exact) mass is 300 g/mol. The molecule has 0 N–H and O–H groups in total. The van der Waals surface area contributed by atoms with Gasteiger partial charge in [-0.1, -0.05) is 31.4 Å². The van der Waals surface area contributed by atoms with Gasteiger partial charge < -0.3 is 13.3 Å². The summed E-state index contributed by atoms with van der Waals surface area (Å²) in [7, 11) is 1.40. The van der Waals surface area contributed by atoms with Crippen molar-refractivity contribution in [2.45, 2.75) is 38.5 Å². The number of hydrogen-bond acceptors (Lipinski definition) is 3. The predicted octanol–water partition coefficient (Wildman–Crippen LogP) is 3.35. The fraction of sp³-hybridized carbons (Fsp3) is 0.600. The van der Waals surface area contributed by atoms with E-state index in [2.05, 4.69) is 0 Å². The minimum absolute atomic E-state index is 0.144. The van der Waals surface area contributed by atoms with Crippen LogP contribution in [0.25, 0.3) is 0 Å². The maximum absolute atomic E-state index is 13.0. The fourth-order valence-corrected chi connectivity index (χ4v) is 2.89. The Labute approximate surface area is 123 Å². The maximum Gasteiger partial charge on any atom is 0.483 e. The molecule has 0 aliphatic carbocycles. The van der Waals surface area contributed by atoms with Gasteiger partial charge in [-0.3, -0.25) is 0 Å². The number of hydrogen-bond donors (Lipinski definition) is 0. The lowest BCUT2D eigenvalue weighted by Gasteiger charge is -2.11. The lowest BCUT2D eigenvalue weighted by molar-refractivity contribution is 0.133. The zero-order valence-electron chi connectivity index (χ0n) is 12.4. The fourth-order valence-electron chi connectivity index (χ4n) is 2.07. The molecule has 0 fully saturated rings. The van der Waals surface area contributed by atoms with E-state index in [9.17, 15) is 4.39 Å². The van der Waals surface area contributed by atoms with E-state index in [1.165, 1.54) is 18.9 Å². The van der Waals surface area contributed by atoms with Crippen LogP contribution in [0.15, 0.2) is 24.3 Å². The van der Waals surface area contributed by atoms with Gasteiger partial charge in [0.2, 0.25) is 0 Å². The Kier molecular flexibility index (Phi) is 9.49. The molecule has 0 radical (unpaired) electrons. The van der Waals surface area contributed by atoms with Gasteiger partial charge in [0.05, 0.1) is 0 Å². The molecule has 0 saturated carbocycles. The first-order valence-electron chi connectivity index (χ1n) is 7.18. The summed E-state index contributed by atoms with van der Waals surface area (Å²) in [6.45, 7) is 0.711. The zero-order chi connectivity index (χ0) is 14.6. The van der Waals surface area contributed by atoms with Gasteiger partial charge in [0.25, 0.3) is 0 Å². The van der Waals surface area contributed by atoms with E-state index in [0.29, 0.717) is 6.61 Å². The molecule has 5 heteroatoms. The molecule has 0 atom stereocenters. The summed E-state index contributed by atoms with van der Waals surface area (Å²) in [5.41, 5.74) is 1.09. The van der Waals surface area contributed by atoms with Gasteiger partial charge in [0, 0.05) is 20.8 Å². The van der Waals surface area contributed by atoms with Crippen molar-refractivity contribution >= 4 is 9.53 Å². The molecule has 3 nitrogen and oxygen atoms in total. The van der Waals surface area contributed by atoms with E-state index in [0.717, 1.165) is 31.2 Å². The molecule has 114 valence electrons. The van der Waals surface area contributed by atoms with Crippen molar-refractivity contribution in [2.24, 2.45) is 0 Å². The molecule has 0 amide bonds. The van der Waals surface area contributed by atoms with Crippen molar-refractivity contribution in [1.29, 1.82) is 0 Å².